The topological polar surface area (TPSA) is 57.5 Å². The van der Waals surface area contributed by atoms with Crippen LogP contribution in [0.2, 0.25) is 5.02 Å². The minimum atomic E-state index is -0.109. The molecule has 0 aliphatic rings. The summed E-state index contributed by atoms with van der Waals surface area (Å²) in [7, 11) is 0. The Hall–Kier alpha value is -3.04. The molecule has 30 heavy (non-hydrogen) atoms. The molecular formula is C26H25ClO3. The number of phenolic OH excluding ortho intramolecular Hbond substituents is 2. The van der Waals surface area contributed by atoms with E-state index in [-0.39, 0.29) is 17.3 Å². The molecule has 0 aliphatic carbocycles. The number of hydrogen-bond acceptors (Lipinski definition) is 3. The van der Waals surface area contributed by atoms with Gasteiger partial charge in [-0.3, -0.25) is 4.79 Å². The highest BCUT2D eigenvalue weighted by molar-refractivity contribution is 6.32. The first kappa shape index (κ1) is 21.7. The Labute approximate surface area is 182 Å². The van der Waals surface area contributed by atoms with Crippen LogP contribution in [0, 0.1) is 6.92 Å². The van der Waals surface area contributed by atoms with Crippen molar-refractivity contribution >= 4 is 28.5 Å². The van der Waals surface area contributed by atoms with Crippen LogP contribution in [0.25, 0.3) is 11.1 Å². The van der Waals surface area contributed by atoms with Gasteiger partial charge in [0.1, 0.15) is 11.5 Å². The van der Waals surface area contributed by atoms with Gasteiger partial charge in [-0.25, -0.2) is 0 Å². The van der Waals surface area contributed by atoms with Crippen LogP contribution in [-0.2, 0) is 0 Å². The van der Waals surface area contributed by atoms with E-state index in [1.54, 1.807) is 24.3 Å². The lowest BCUT2D eigenvalue weighted by atomic mass is 9.86. The second kappa shape index (κ2) is 9.19. The molecule has 0 atom stereocenters. The molecule has 3 aromatic rings. The second-order valence-electron chi connectivity index (χ2n) is 7.42. The number of aryl methyl sites for hydroxylation is 1. The summed E-state index contributed by atoms with van der Waals surface area (Å²) in [6.45, 7) is 5.56. The van der Waals surface area contributed by atoms with Crippen LogP contribution in [-0.4, -0.2) is 16.0 Å². The van der Waals surface area contributed by atoms with Gasteiger partial charge < -0.3 is 10.2 Å². The Bertz CT molecular complexity index is 1110. The number of aromatic hydroxyl groups is 2. The Morgan fingerprint density at radius 1 is 0.900 bits per heavy atom. The standard InChI is InChI=1S/C26H25ClO3/c1-4-5-22(21-12-6-16(2)14-24(21)27)26(18-7-10-20(29)11-8-18)23-13-9-19(17(3)28)15-25(23)30/h6-15,29-30H,4-5H2,1-3H3/b26-22+. The summed E-state index contributed by atoms with van der Waals surface area (Å²) in [6, 6.07) is 17.8. The van der Waals surface area contributed by atoms with E-state index < -0.39 is 0 Å². The highest BCUT2D eigenvalue weighted by atomic mass is 35.5. The van der Waals surface area contributed by atoms with E-state index in [1.165, 1.54) is 13.0 Å². The SMILES string of the molecule is CCC/C(=C(/c1ccc(O)cc1)c1ccc(C(C)=O)cc1O)c1ccc(C)cc1Cl. The molecule has 0 amide bonds. The van der Waals surface area contributed by atoms with Crippen LogP contribution in [0.1, 0.15) is 59.3 Å². The van der Waals surface area contributed by atoms with Crippen molar-refractivity contribution in [3.8, 4) is 11.5 Å². The van der Waals surface area contributed by atoms with Crippen molar-refractivity contribution in [2.45, 2.75) is 33.6 Å². The van der Waals surface area contributed by atoms with Gasteiger partial charge in [0.25, 0.3) is 0 Å². The second-order valence-corrected chi connectivity index (χ2v) is 7.83. The molecule has 3 nitrogen and oxygen atoms in total. The first-order valence-electron chi connectivity index (χ1n) is 9.95. The normalized spacial score (nSPS) is 11.9. The zero-order valence-electron chi connectivity index (χ0n) is 17.4. The van der Waals surface area contributed by atoms with Crippen LogP contribution < -0.4 is 0 Å². The molecule has 2 N–H and O–H groups in total. The van der Waals surface area contributed by atoms with Crippen molar-refractivity contribution in [3.05, 3.63) is 93.5 Å². The van der Waals surface area contributed by atoms with E-state index >= 15 is 0 Å². The Balaban J connectivity index is 2.36. The minimum Gasteiger partial charge on any atom is -0.508 e. The maximum atomic E-state index is 11.8. The molecule has 0 aromatic heterocycles. The van der Waals surface area contributed by atoms with Crippen LogP contribution in [0.4, 0.5) is 0 Å². The van der Waals surface area contributed by atoms with Crippen molar-refractivity contribution in [1.29, 1.82) is 0 Å². The average molecular weight is 421 g/mol. The summed E-state index contributed by atoms with van der Waals surface area (Å²) in [4.78, 5) is 11.8. The van der Waals surface area contributed by atoms with E-state index in [4.69, 9.17) is 11.6 Å². The Morgan fingerprint density at radius 3 is 2.10 bits per heavy atom. The van der Waals surface area contributed by atoms with Gasteiger partial charge in [0.05, 0.1) is 0 Å². The molecule has 0 aliphatic heterocycles. The highest BCUT2D eigenvalue weighted by Gasteiger charge is 2.19. The molecule has 0 saturated heterocycles. The third-order valence-corrected chi connectivity index (χ3v) is 5.39. The summed E-state index contributed by atoms with van der Waals surface area (Å²) >= 11 is 6.63. The van der Waals surface area contributed by atoms with E-state index in [1.807, 2.05) is 37.3 Å². The molecule has 0 saturated carbocycles. The molecule has 0 fully saturated rings. The predicted octanol–water partition coefficient (Wildman–Crippen LogP) is 7.02. The zero-order chi connectivity index (χ0) is 21.8. The maximum Gasteiger partial charge on any atom is 0.159 e. The zero-order valence-corrected chi connectivity index (χ0v) is 18.1. The molecule has 3 rings (SSSR count). The number of phenols is 2. The number of Topliss-reactive ketones (excluding diaryl/α,β-unsaturated/α-hetero) is 1. The number of rotatable bonds is 6. The van der Waals surface area contributed by atoms with Crippen LogP contribution in [0.5, 0.6) is 11.5 Å². The van der Waals surface area contributed by atoms with Gasteiger partial charge in [-0.15, -0.1) is 0 Å². The van der Waals surface area contributed by atoms with Gasteiger partial charge in [-0.2, -0.15) is 0 Å². The van der Waals surface area contributed by atoms with Crippen molar-refractivity contribution in [1.82, 2.24) is 0 Å². The van der Waals surface area contributed by atoms with Gasteiger partial charge >= 0.3 is 0 Å². The summed E-state index contributed by atoms with van der Waals surface area (Å²) in [5, 5.41) is 21.3. The van der Waals surface area contributed by atoms with Crippen molar-refractivity contribution in [3.63, 3.8) is 0 Å². The van der Waals surface area contributed by atoms with Crippen molar-refractivity contribution in [2.24, 2.45) is 0 Å². The number of halogens is 1. The lowest BCUT2D eigenvalue weighted by Gasteiger charge is -2.19. The summed E-state index contributed by atoms with van der Waals surface area (Å²) in [5.74, 6) is 0.0876. The largest absolute Gasteiger partial charge is 0.508 e. The quantitative estimate of drug-likeness (QED) is 0.332. The lowest BCUT2D eigenvalue weighted by molar-refractivity contribution is 0.101. The third kappa shape index (κ3) is 4.58. The van der Waals surface area contributed by atoms with Gasteiger partial charge in [-0.1, -0.05) is 55.3 Å². The number of ketones is 1. The van der Waals surface area contributed by atoms with E-state index in [0.717, 1.165) is 40.7 Å². The number of allylic oxidation sites excluding steroid dienone is 1. The van der Waals surface area contributed by atoms with Gasteiger partial charge in [0, 0.05) is 16.1 Å². The molecule has 0 heterocycles. The van der Waals surface area contributed by atoms with E-state index in [0.29, 0.717) is 16.1 Å². The third-order valence-electron chi connectivity index (χ3n) is 5.08. The smallest absolute Gasteiger partial charge is 0.159 e. The first-order chi connectivity index (χ1) is 14.3. The molecule has 154 valence electrons. The van der Waals surface area contributed by atoms with E-state index in [2.05, 4.69) is 6.92 Å². The minimum absolute atomic E-state index is 0.0302. The summed E-state index contributed by atoms with van der Waals surface area (Å²) in [5.41, 5.74) is 5.72. The maximum absolute atomic E-state index is 11.8. The van der Waals surface area contributed by atoms with Gasteiger partial charge in [-0.05, 0) is 78.4 Å². The van der Waals surface area contributed by atoms with Crippen molar-refractivity contribution < 1.29 is 15.0 Å². The fourth-order valence-electron chi connectivity index (χ4n) is 3.59. The van der Waals surface area contributed by atoms with Crippen molar-refractivity contribution in [2.75, 3.05) is 0 Å². The first-order valence-corrected chi connectivity index (χ1v) is 10.3. The fourth-order valence-corrected chi connectivity index (χ4v) is 3.94. The monoisotopic (exact) mass is 420 g/mol. The lowest BCUT2D eigenvalue weighted by Crippen LogP contribution is -1.99. The van der Waals surface area contributed by atoms with Gasteiger partial charge in [0.2, 0.25) is 0 Å². The molecule has 0 spiro atoms. The Kier molecular flexibility index (Phi) is 6.63. The van der Waals surface area contributed by atoms with E-state index in [9.17, 15) is 15.0 Å². The average Bonchev–Trinajstić information content (AvgIpc) is 2.70. The van der Waals surface area contributed by atoms with Crippen LogP contribution in [0.3, 0.4) is 0 Å². The Morgan fingerprint density at radius 2 is 1.53 bits per heavy atom. The molecule has 4 heteroatoms. The number of carbonyl (C=O) groups excluding carboxylic acids is 1. The highest BCUT2D eigenvalue weighted by Crippen LogP contribution is 2.41. The summed E-state index contributed by atoms with van der Waals surface area (Å²) < 4.78 is 0. The van der Waals surface area contributed by atoms with Crippen LogP contribution >= 0.6 is 11.6 Å². The fraction of sp³-hybridized carbons (Fsp3) is 0.192. The molecule has 3 aromatic carbocycles. The molecule has 0 radical (unpaired) electrons. The molecule has 0 unspecified atom stereocenters. The van der Waals surface area contributed by atoms with Crippen LogP contribution in [0.15, 0.2) is 60.7 Å². The number of carbonyl (C=O) groups is 1. The molecular weight excluding hydrogens is 396 g/mol. The summed E-state index contributed by atoms with van der Waals surface area (Å²) in [6.07, 6.45) is 1.63. The predicted molar refractivity (Wildman–Crippen MR) is 123 cm³/mol. The number of hydrogen-bond donors (Lipinski definition) is 2. The van der Waals surface area contributed by atoms with Gasteiger partial charge in [0.15, 0.2) is 5.78 Å². The molecule has 0 bridgehead atoms. The number of benzene rings is 3.